The first-order valence-electron chi connectivity index (χ1n) is 4.65. The van der Waals surface area contributed by atoms with Gasteiger partial charge >= 0.3 is 5.97 Å². The van der Waals surface area contributed by atoms with Crippen molar-refractivity contribution in [3.63, 3.8) is 0 Å². The molecule has 0 bridgehead atoms. The molecule has 2 heteroatoms. The van der Waals surface area contributed by atoms with E-state index in [1.54, 1.807) is 0 Å². The van der Waals surface area contributed by atoms with E-state index in [2.05, 4.69) is 13.2 Å². The molecular weight excluding hydrogens is 164 g/mol. The Balaban J connectivity index is 0.000000145. The highest BCUT2D eigenvalue weighted by molar-refractivity contribution is 5.72. The van der Waals surface area contributed by atoms with Gasteiger partial charge in [-0.25, -0.2) is 0 Å². The molecule has 72 valence electrons. The second-order valence-corrected chi connectivity index (χ2v) is 3.80. The number of allylic oxidation sites excluding steroid dienone is 2. The topological polar surface area (TPSA) is 37.3 Å². The molecular formula is C11H16O2. The van der Waals surface area contributed by atoms with Crippen LogP contribution >= 0.6 is 0 Å². The van der Waals surface area contributed by atoms with Crippen LogP contribution in [0.1, 0.15) is 32.1 Å². The quantitative estimate of drug-likeness (QED) is 0.630. The number of carboxylic acids is 1. The van der Waals surface area contributed by atoms with Crippen LogP contribution in [0.2, 0.25) is 0 Å². The van der Waals surface area contributed by atoms with E-state index in [4.69, 9.17) is 5.11 Å². The molecule has 2 rings (SSSR count). The fourth-order valence-corrected chi connectivity index (χ4v) is 1.24. The molecule has 2 nitrogen and oxygen atoms in total. The highest BCUT2D eigenvalue weighted by atomic mass is 16.4. The van der Waals surface area contributed by atoms with Crippen molar-refractivity contribution in [3.05, 3.63) is 24.3 Å². The van der Waals surface area contributed by atoms with Gasteiger partial charge in [-0.15, -0.1) is 0 Å². The van der Waals surface area contributed by atoms with E-state index in [1.165, 1.54) is 24.8 Å². The van der Waals surface area contributed by atoms with Crippen molar-refractivity contribution in [2.75, 3.05) is 0 Å². The monoisotopic (exact) mass is 180 g/mol. The summed E-state index contributed by atoms with van der Waals surface area (Å²) in [4.78, 5) is 10.1. The van der Waals surface area contributed by atoms with Gasteiger partial charge in [0.1, 0.15) is 0 Å². The number of hydrogen-bond donors (Lipinski definition) is 1. The van der Waals surface area contributed by atoms with E-state index >= 15 is 0 Å². The van der Waals surface area contributed by atoms with E-state index in [0.29, 0.717) is 12.8 Å². The molecule has 0 amide bonds. The first-order valence-corrected chi connectivity index (χ1v) is 4.65. The second kappa shape index (κ2) is 4.26. The van der Waals surface area contributed by atoms with Crippen LogP contribution < -0.4 is 0 Å². The number of aliphatic carboxylic acids is 1. The highest BCUT2D eigenvalue weighted by Gasteiger charge is 2.27. The molecule has 0 aromatic heterocycles. The Morgan fingerprint density at radius 1 is 1.23 bits per heavy atom. The molecule has 0 radical (unpaired) electrons. The molecule has 13 heavy (non-hydrogen) atoms. The molecule has 0 spiro atoms. The first-order chi connectivity index (χ1) is 6.09. The average molecular weight is 180 g/mol. The summed E-state index contributed by atoms with van der Waals surface area (Å²) in [6.45, 7) is 7.39. The molecule has 0 saturated heterocycles. The zero-order chi connectivity index (χ0) is 9.84. The maximum atomic E-state index is 10.1. The van der Waals surface area contributed by atoms with Crippen LogP contribution in [0.3, 0.4) is 0 Å². The summed E-state index contributed by atoms with van der Waals surface area (Å²) in [5, 5.41) is 8.31. The van der Waals surface area contributed by atoms with Gasteiger partial charge in [-0.1, -0.05) is 24.3 Å². The smallest absolute Gasteiger partial charge is 0.307 e. The lowest BCUT2D eigenvalue weighted by Crippen LogP contribution is -2.22. The molecule has 0 aliphatic heterocycles. The normalized spacial score (nSPS) is 20.9. The van der Waals surface area contributed by atoms with Gasteiger partial charge in [0, 0.05) is 0 Å². The minimum absolute atomic E-state index is 0.123. The van der Waals surface area contributed by atoms with Crippen LogP contribution in [-0.2, 0) is 4.79 Å². The maximum Gasteiger partial charge on any atom is 0.307 e. The number of carboxylic acid groups (broad SMARTS) is 1. The zero-order valence-corrected chi connectivity index (χ0v) is 7.88. The SMILES string of the molecule is C=C1CC(C(=O)O)C1.C=C1CCC1. The standard InChI is InChI=1S/C6H8O2.C5H8/c1-4-2-5(3-4)6(7)8;1-5-3-2-4-5/h5H,1-3H2,(H,7,8);1-4H2. The Bertz CT molecular complexity index is 226. The van der Waals surface area contributed by atoms with E-state index in [-0.39, 0.29) is 5.92 Å². The molecule has 0 aromatic rings. The molecule has 0 unspecified atom stereocenters. The summed E-state index contributed by atoms with van der Waals surface area (Å²) in [6.07, 6.45) is 5.35. The van der Waals surface area contributed by atoms with Gasteiger partial charge in [0.25, 0.3) is 0 Å². The molecule has 1 N–H and O–H groups in total. The lowest BCUT2D eigenvalue weighted by molar-refractivity contribution is -0.143. The maximum absolute atomic E-state index is 10.1. The van der Waals surface area contributed by atoms with Gasteiger partial charge in [-0.3, -0.25) is 4.79 Å². The van der Waals surface area contributed by atoms with Crippen LogP contribution in [0, 0.1) is 5.92 Å². The minimum Gasteiger partial charge on any atom is -0.481 e. The Kier molecular flexibility index (Phi) is 3.29. The summed E-state index contributed by atoms with van der Waals surface area (Å²) in [7, 11) is 0. The summed E-state index contributed by atoms with van der Waals surface area (Å²) >= 11 is 0. The molecule has 0 atom stereocenters. The third kappa shape index (κ3) is 3.05. The van der Waals surface area contributed by atoms with Crippen LogP contribution in [0.15, 0.2) is 24.3 Å². The average Bonchev–Trinajstić information content (AvgIpc) is 1.96. The molecule has 0 heterocycles. The fraction of sp³-hybridized carbons (Fsp3) is 0.545. The molecule has 2 aliphatic rings. The van der Waals surface area contributed by atoms with Crippen molar-refractivity contribution in [1.82, 2.24) is 0 Å². The molecule has 2 fully saturated rings. The van der Waals surface area contributed by atoms with E-state index < -0.39 is 5.97 Å². The van der Waals surface area contributed by atoms with Crippen LogP contribution in [0.5, 0.6) is 0 Å². The van der Waals surface area contributed by atoms with Crippen molar-refractivity contribution >= 4 is 5.97 Å². The highest BCUT2D eigenvalue weighted by Crippen LogP contribution is 2.30. The lowest BCUT2D eigenvalue weighted by atomic mass is 9.81. The van der Waals surface area contributed by atoms with Gasteiger partial charge in [0.2, 0.25) is 0 Å². The van der Waals surface area contributed by atoms with Crippen molar-refractivity contribution < 1.29 is 9.90 Å². The molecule has 2 aliphatic carbocycles. The lowest BCUT2D eigenvalue weighted by Gasteiger charge is -2.23. The fourth-order valence-electron chi connectivity index (χ4n) is 1.24. The van der Waals surface area contributed by atoms with Gasteiger partial charge < -0.3 is 5.11 Å². The largest absolute Gasteiger partial charge is 0.481 e. The van der Waals surface area contributed by atoms with Crippen molar-refractivity contribution in [1.29, 1.82) is 0 Å². The van der Waals surface area contributed by atoms with Gasteiger partial charge in [0.15, 0.2) is 0 Å². The van der Waals surface area contributed by atoms with Crippen molar-refractivity contribution in [2.45, 2.75) is 32.1 Å². The Morgan fingerprint density at radius 2 is 1.69 bits per heavy atom. The Hall–Kier alpha value is -1.05. The first kappa shape index (κ1) is 10.0. The summed E-state index contributed by atoms with van der Waals surface area (Å²) in [5.74, 6) is -0.806. The predicted molar refractivity (Wildman–Crippen MR) is 52.5 cm³/mol. The van der Waals surface area contributed by atoms with E-state index in [9.17, 15) is 4.79 Å². The number of rotatable bonds is 1. The van der Waals surface area contributed by atoms with Crippen molar-refractivity contribution in [2.24, 2.45) is 5.92 Å². The van der Waals surface area contributed by atoms with Crippen molar-refractivity contribution in [3.8, 4) is 0 Å². The van der Waals surface area contributed by atoms with Gasteiger partial charge in [0.05, 0.1) is 5.92 Å². The molecule has 2 saturated carbocycles. The van der Waals surface area contributed by atoms with Gasteiger partial charge in [-0.2, -0.15) is 0 Å². The van der Waals surface area contributed by atoms with Gasteiger partial charge in [-0.05, 0) is 32.1 Å². The Labute approximate surface area is 79.0 Å². The summed E-state index contributed by atoms with van der Waals surface area (Å²) < 4.78 is 0. The number of carbonyl (C=O) groups is 1. The van der Waals surface area contributed by atoms with E-state index in [1.807, 2.05) is 0 Å². The number of hydrogen-bond acceptors (Lipinski definition) is 1. The van der Waals surface area contributed by atoms with Crippen LogP contribution in [-0.4, -0.2) is 11.1 Å². The summed E-state index contributed by atoms with van der Waals surface area (Å²) in [5.41, 5.74) is 2.50. The third-order valence-corrected chi connectivity index (χ3v) is 2.48. The van der Waals surface area contributed by atoms with Crippen LogP contribution in [0.25, 0.3) is 0 Å². The molecule has 0 aromatic carbocycles. The summed E-state index contributed by atoms with van der Waals surface area (Å²) in [6, 6.07) is 0. The zero-order valence-electron chi connectivity index (χ0n) is 7.88. The Morgan fingerprint density at radius 3 is 1.77 bits per heavy atom. The van der Waals surface area contributed by atoms with E-state index in [0.717, 1.165) is 5.57 Å². The van der Waals surface area contributed by atoms with Crippen LogP contribution in [0.4, 0.5) is 0 Å². The third-order valence-electron chi connectivity index (χ3n) is 2.48. The predicted octanol–water partition coefficient (Wildman–Crippen LogP) is 2.76. The minimum atomic E-state index is -0.683. The second-order valence-electron chi connectivity index (χ2n) is 3.80.